The van der Waals surface area contributed by atoms with E-state index in [1.807, 2.05) is 30.3 Å². The number of pyridine rings is 1. The highest BCUT2D eigenvalue weighted by Gasteiger charge is 2.06. The molecule has 0 aliphatic carbocycles. The predicted octanol–water partition coefficient (Wildman–Crippen LogP) is 2.65. The fourth-order valence-electron chi connectivity index (χ4n) is 1.48. The maximum Gasteiger partial charge on any atom is 0.407 e. The molecule has 19 heavy (non-hydrogen) atoms. The van der Waals surface area contributed by atoms with Crippen molar-refractivity contribution in [1.82, 2.24) is 10.3 Å². The number of aromatic nitrogens is 1. The zero-order chi connectivity index (χ0) is 13.5. The van der Waals surface area contributed by atoms with Crippen molar-refractivity contribution in [2.24, 2.45) is 0 Å². The van der Waals surface area contributed by atoms with E-state index >= 15 is 0 Å². The molecule has 2 aromatic rings. The summed E-state index contributed by atoms with van der Waals surface area (Å²) in [5.74, 6) is -0.453. The Balaban J connectivity index is 1.78. The molecule has 0 saturated heterocycles. The average molecular weight is 260 g/mol. The minimum atomic E-state index is -0.603. The monoisotopic (exact) mass is 260 g/mol. The zero-order valence-corrected chi connectivity index (χ0v) is 10.2. The second-order valence-electron chi connectivity index (χ2n) is 3.85. The summed E-state index contributed by atoms with van der Waals surface area (Å²) >= 11 is 0. The normalized spacial score (nSPS) is 9.95. The quantitative estimate of drug-likeness (QED) is 0.919. The van der Waals surface area contributed by atoms with Crippen LogP contribution in [0.25, 0.3) is 0 Å². The van der Waals surface area contributed by atoms with Gasteiger partial charge in [-0.15, -0.1) is 0 Å². The van der Waals surface area contributed by atoms with E-state index in [0.717, 1.165) is 5.56 Å². The van der Waals surface area contributed by atoms with E-state index in [1.165, 1.54) is 18.3 Å². The standard InChI is InChI=1S/C14H13FN2O2/c15-12-7-4-8-16-13(12)9-17-14(18)19-10-11-5-2-1-3-6-11/h1-8H,9-10H2,(H,17,18). The van der Waals surface area contributed by atoms with E-state index in [1.54, 1.807) is 0 Å². The lowest BCUT2D eigenvalue weighted by molar-refractivity contribution is 0.139. The smallest absolute Gasteiger partial charge is 0.407 e. The van der Waals surface area contributed by atoms with Gasteiger partial charge in [-0.05, 0) is 17.7 Å². The van der Waals surface area contributed by atoms with Gasteiger partial charge in [0.2, 0.25) is 0 Å². The summed E-state index contributed by atoms with van der Waals surface area (Å²) in [7, 11) is 0. The van der Waals surface area contributed by atoms with E-state index in [2.05, 4.69) is 10.3 Å². The van der Waals surface area contributed by atoms with Gasteiger partial charge < -0.3 is 10.1 Å². The predicted molar refractivity (Wildman–Crippen MR) is 67.7 cm³/mol. The lowest BCUT2D eigenvalue weighted by atomic mass is 10.2. The Bertz CT molecular complexity index is 546. The van der Waals surface area contributed by atoms with Crippen LogP contribution in [0.4, 0.5) is 9.18 Å². The van der Waals surface area contributed by atoms with E-state index in [-0.39, 0.29) is 18.8 Å². The Kier molecular flexibility index (Phi) is 4.44. The van der Waals surface area contributed by atoms with Crippen LogP contribution < -0.4 is 5.32 Å². The van der Waals surface area contributed by atoms with E-state index in [9.17, 15) is 9.18 Å². The number of carbonyl (C=O) groups is 1. The van der Waals surface area contributed by atoms with Crippen molar-refractivity contribution in [3.05, 3.63) is 65.7 Å². The molecule has 1 N–H and O–H groups in total. The van der Waals surface area contributed by atoms with Gasteiger partial charge >= 0.3 is 6.09 Å². The van der Waals surface area contributed by atoms with Gasteiger partial charge in [-0.3, -0.25) is 4.98 Å². The van der Waals surface area contributed by atoms with Crippen molar-refractivity contribution in [2.75, 3.05) is 0 Å². The van der Waals surface area contributed by atoms with Gasteiger partial charge in [-0.2, -0.15) is 0 Å². The number of halogens is 1. The molecule has 2 rings (SSSR count). The summed E-state index contributed by atoms with van der Waals surface area (Å²) in [6.07, 6.45) is 0.865. The minimum absolute atomic E-state index is 0.000294. The number of benzene rings is 1. The Morgan fingerprint density at radius 2 is 2.00 bits per heavy atom. The van der Waals surface area contributed by atoms with E-state index < -0.39 is 11.9 Å². The van der Waals surface area contributed by atoms with Gasteiger partial charge in [0.25, 0.3) is 0 Å². The summed E-state index contributed by atoms with van der Waals surface area (Å²) in [5.41, 5.74) is 1.07. The number of nitrogens with zero attached hydrogens (tertiary/aromatic N) is 1. The molecule has 1 amide bonds. The zero-order valence-electron chi connectivity index (χ0n) is 10.2. The molecule has 1 heterocycles. The number of hydrogen-bond donors (Lipinski definition) is 1. The van der Waals surface area contributed by atoms with E-state index in [0.29, 0.717) is 0 Å². The van der Waals surface area contributed by atoms with Crippen LogP contribution in [0, 0.1) is 5.82 Å². The van der Waals surface area contributed by atoms with Crippen LogP contribution in [0.15, 0.2) is 48.7 Å². The lowest BCUT2D eigenvalue weighted by Crippen LogP contribution is -2.24. The molecule has 4 nitrogen and oxygen atoms in total. The van der Waals surface area contributed by atoms with Crippen LogP contribution in [0.1, 0.15) is 11.3 Å². The van der Waals surface area contributed by atoms with E-state index in [4.69, 9.17) is 4.74 Å². The van der Waals surface area contributed by atoms with Crippen LogP contribution >= 0.6 is 0 Å². The molecule has 0 radical (unpaired) electrons. The molecule has 1 aromatic carbocycles. The molecule has 0 atom stereocenters. The minimum Gasteiger partial charge on any atom is -0.445 e. The van der Waals surface area contributed by atoms with Crippen LogP contribution in [0.2, 0.25) is 0 Å². The van der Waals surface area contributed by atoms with Gasteiger partial charge in [0.05, 0.1) is 12.2 Å². The van der Waals surface area contributed by atoms with Crippen LogP contribution in [0.5, 0.6) is 0 Å². The fourth-order valence-corrected chi connectivity index (χ4v) is 1.48. The molecule has 0 saturated carbocycles. The van der Waals surface area contributed by atoms with Gasteiger partial charge in [-0.25, -0.2) is 9.18 Å². The first kappa shape index (κ1) is 13.0. The number of alkyl carbamates (subject to hydrolysis) is 1. The Morgan fingerprint density at radius 1 is 1.21 bits per heavy atom. The molecule has 0 aliphatic rings. The fraction of sp³-hybridized carbons (Fsp3) is 0.143. The molecule has 0 aliphatic heterocycles. The SMILES string of the molecule is O=C(NCc1ncccc1F)OCc1ccccc1. The number of ether oxygens (including phenoxy) is 1. The molecule has 5 heteroatoms. The van der Waals surface area contributed by atoms with Crippen LogP contribution in [-0.2, 0) is 17.9 Å². The molecule has 1 aromatic heterocycles. The van der Waals surface area contributed by atoms with Gasteiger partial charge in [0, 0.05) is 6.20 Å². The van der Waals surface area contributed by atoms with Gasteiger partial charge in [0.15, 0.2) is 0 Å². The first-order valence-electron chi connectivity index (χ1n) is 5.79. The molecular formula is C14H13FN2O2. The highest BCUT2D eigenvalue weighted by atomic mass is 19.1. The van der Waals surface area contributed by atoms with Crippen LogP contribution in [0.3, 0.4) is 0 Å². The van der Waals surface area contributed by atoms with Crippen molar-refractivity contribution in [1.29, 1.82) is 0 Å². The second kappa shape index (κ2) is 6.49. The maximum atomic E-state index is 13.2. The molecule has 0 spiro atoms. The van der Waals surface area contributed by atoms with Crippen molar-refractivity contribution < 1.29 is 13.9 Å². The molecule has 98 valence electrons. The Hall–Kier alpha value is -2.43. The van der Waals surface area contributed by atoms with Crippen LogP contribution in [-0.4, -0.2) is 11.1 Å². The third-order valence-electron chi connectivity index (χ3n) is 2.45. The maximum absolute atomic E-state index is 13.2. The lowest BCUT2D eigenvalue weighted by Gasteiger charge is -2.07. The largest absolute Gasteiger partial charge is 0.445 e. The number of nitrogens with one attached hydrogen (secondary N) is 1. The first-order chi connectivity index (χ1) is 9.25. The summed E-state index contributed by atoms with van der Waals surface area (Å²) in [5, 5.41) is 2.45. The third-order valence-corrected chi connectivity index (χ3v) is 2.45. The molecule has 0 bridgehead atoms. The average Bonchev–Trinajstić information content (AvgIpc) is 2.45. The summed E-state index contributed by atoms with van der Waals surface area (Å²) in [6, 6.07) is 12.1. The summed E-state index contributed by atoms with van der Waals surface area (Å²) in [6.45, 7) is 0.178. The van der Waals surface area contributed by atoms with Crippen molar-refractivity contribution in [3.63, 3.8) is 0 Å². The topological polar surface area (TPSA) is 51.2 Å². The van der Waals surface area contributed by atoms with Gasteiger partial charge in [0.1, 0.15) is 12.4 Å². The molecular weight excluding hydrogens is 247 g/mol. The highest BCUT2D eigenvalue weighted by Crippen LogP contribution is 2.03. The summed E-state index contributed by atoms with van der Waals surface area (Å²) in [4.78, 5) is 15.2. The van der Waals surface area contributed by atoms with Crippen molar-refractivity contribution in [2.45, 2.75) is 13.2 Å². The van der Waals surface area contributed by atoms with Crippen molar-refractivity contribution in [3.8, 4) is 0 Å². The number of amides is 1. The molecule has 0 fully saturated rings. The first-order valence-corrected chi connectivity index (χ1v) is 5.79. The third kappa shape index (κ3) is 4.06. The Morgan fingerprint density at radius 3 is 2.74 bits per heavy atom. The molecule has 0 unspecified atom stereocenters. The Labute approximate surface area is 110 Å². The number of carbonyl (C=O) groups excluding carboxylic acids is 1. The second-order valence-corrected chi connectivity index (χ2v) is 3.85. The number of rotatable bonds is 4. The highest BCUT2D eigenvalue weighted by molar-refractivity contribution is 5.67. The van der Waals surface area contributed by atoms with Gasteiger partial charge in [-0.1, -0.05) is 30.3 Å². The number of hydrogen-bond acceptors (Lipinski definition) is 3. The van der Waals surface area contributed by atoms with Crippen molar-refractivity contribution >= 4 is 6.09 Å². The summed E-state index contributed by atoms with van der Waals surface area (Å²) < 4.78 is 18.2.